The molecule has 1 aromatic carbocycles. The van der Waals surface area contributed by atoms with Gasteiger partial charge in [0.15, 0.2) is 0 Å². The van der Waals surface area contributed by atoms with Gasteiger partial charge in [0.2, 0.25) is 5.78 Å². The molecule has 26 heavy (non-hydrogen) atoms. The predicted molar refractivity (Wildman–Crippen MR) is 104 cm³/mol. The quantitative estimate of drug-likeness (QED) is 0.570. The van der Waals surface area contributed by atoms with Crippen LogP contribution in [0.4, 0.5) is 0 Å². The van der Waals surface area contributed by atoms with Crippen molar-refractivity contribution in [2.45, 2.75) is 37.6 Å². The molecule has 4 heterocycles. The molecule has 0 spiro atoms. The molecule has 2 aromatic heterocycles. The maximum Gasteiger partial charge on any atom is 0.202 e. The topological polar surface area (TPSA) is 64.2 Å². The molecule has 2 N–H and O–H groups in total. The Morgan fingerprint density at radius 2 is 2.15 bits per heavy atom. The second kappa shape index (κ2) is 6.21. The number of aromatic nitrogens is 2. The highest BCUT2D eigenvalue weighted by atomic mass is 32.1. The zero-order chi connectivity index (χ0) is 17.7. The molecule has 0 aliphatic carbocycles. The van der Waals surface area contributed by atoms with Crippen molar-refractivity contribution in [2.24, 2.45) is 0 Å². The first-order valence-corrected chi connectivity index (χ1v) is 10.2. The van der Waals surface area contributed by atoms with Crippen LogP contribution in [0.3, 0.4) is 0 Å². The van der Waals surface area contributed by atoms with Crippen molar-refractivity contribution in [1.29, 1.82) is 0 Å². The maximum absolute atomic E-state index is 12.7. The molecule has 2 aliphatic rings. The van der Waals surface area contributed by atoms with E-state index >= 15 is 0 Å². The van der Waals surface area contributed by atoms with Crippen molar-refractivity contribution in [3.8, 4) is 0 Å². The van der Waals surface area contributed by atoms with E-state index in [4.69, 9.17) is 5.84 Å². The number of carbonyl (C=O) groups is 1. The van der Waals surface area contributed by atoms with Gasteiger partial charge in [0, 0.05) is 22.9 Å². The highest BCUT2D eigenvalue weighted by molar-refractivity contribution is 7.12. The molecule has 2 unspecified atom stereocenters. The van der Waals surface area contributed by atoms with Crippen molar-refractivity contribution in [3.63, 3.8) is 0 Å². The molecular formula is C20H22N4OS. The molecule has 5 rings (SSSR count). The molecule has 5 nitrogen and oxygen atoms in total. The van der Waals surface area contributed by atoms with Crippen LogP contribution in [0.25, 0.3) is 10.9 Å². The number of nitrogen functional groups attached to an aromatic ring is 1. The summed E-state index contributed by atoms with van der Waals surface area (Å²) in [6, 6.07) is 10.2. The molecule has 2 saturated heterocycles. The predicted octanol–water partition coefficient (Wildman–Crippen LogP) is 3.38. The zero-order valence-corrected chi connectivity index (χ0v) is 15.4. The van der Waals surface area contributed by atoms with E-state index in [2.05, 4.69) is 10.00 Å². The molecular weight excluding hydrogens is 344 g/mol. The number of fused-ring (bicyclic) bond motifs is 2. The summed E-state index contributed by atoms with van der Waals surface area (Å²) >= 11 is 1.48. The summed E-state index contributed by atoms with van der Waals surface area (Å²) in [4.78, 5) is 17.6. The Kier molecular flexibility index (Phi) is 3.83. The standard InChI is InChI=1S/C20H22N4OS/c21-24-17-6-5-14(20(25)18-4-2-10-26-18)12-16(17)19(22-24)13-7-9-23-8-1-3-15(23)11-13/h2,4-6,10,12-13,15H,1,3,7-9,11,21H2. The number of hydrogen-bond acceptors (Lipinski definition) is 5. The van der Waals surface area contributed by atoms with Crippen LogP contribution in [0.1, 0.15) is 52.5 Å². The van der Waals surface area contributed by atoms with Gasteiger partial charge in [-0.05, 0) is 68.4 Å². The van der Waals surface area contributed by atoms with Crippen molar-refractivity contribution in [2.75, 3.05) is 18.9 Å². The Labute approximate surface area is 156 Å². The lowest BCUT2D eigenvalue weighted by Crippen LogP contribution is -2.37. The number of hydrogen-bond donors (Lipinski definition) is 1. The lowest BCUT2D eigenvalue weighted by atomic mass is 9.87. The van der Waals surface area contributed by atoms with E-state index < -0.39 is 0 Å². The van der Waals surface area contributed by atoms with Gasteiger partial charge in [-0.3, -0.25) is 4.79 Å². The minimum absolute atomic E-state index is 0.0724. The lowest BCUT2D eigenvalue weighted by Gasteiger charge is -2.34. The summed E-state index contributed by atoms with van der Waals surface area (Å²) in [7, 11) is 0. The average molecular weight is 366 g/mol. The molecule has 0 bridgehead atoms. The summed E-state index contributed by atoms with van der Waals surface area (Å²) < 4.78 is 0. The van der Waals surface area contributed by atoms with Crippen LogP contribution in [-0.2, 0) is 0 Å². The van der Waals surface area contributed by atoms with Crippen molar-refractivity contribution in [3.05, 3.63) is 51.8 Å². The summed E-state index contributed by atoms with van der Waals surface area (Å²) in [5, 5.41) is 7.63. The van der Waals surface area contributed by atoms with Gasteiger partial charge >= 0.3 is 0 Å². The third-order valence-electron chi connectivity index (χ3n) is 5.95. The molecule has 2 fully saturated rings. The van der Waals surface area contributed by atoms with Crippen LogP contribution in [0.15, 0.2) is 35.7 Å². The van der Waals surface area contributed by atoms with Crippen LogP contribution >= 0.6 is 11.3 Å². The molecule has 3 aromatic rings. The number of benzene rings is 1. The lowest BCUT2D eigenvalue weighted by molar-refractivity contribution is 0.104. The molecule has 2 aliphatic heterocycles. The number of piperidine rings is 1. The van der Waals surface area contributed by atoms with Crippen LogP contribution in [0.2, 0.25) is 0 Å². The highest BCUT2D eigenvalue weighted by Crippen LogP contribution is 2.38. The number of thiophene rings is 1. The minimum Gasteiger partial charge on any atom is -0.323 e. The Hall–Kier alpha value is -2.18. The normalized spacial score (nSPS) is 23.4. The summed E-state index contributed by atoms with van der Waals surface area (Å²) in [6.45, 7) is 2.38. The van der Waals surface area contributed by atoms with Crippen LogP contribution in [0, 0.1) is 0 Å². The molecule has 134 valence electrons. The van der Waals surface area contributed by atoms with Gasteiger partial charge in [0.05, 0.1) is 16.1 Å². The molecule has 6 heteroatoms. The Morgan fingerprint density at radius 3 is 3.00 bits per heavy atom. The monoisotopic (exact) mass is 366 g/mol. The Morgan fingerprint density at radius 1 is 1.23 bits per heavy atom. The highest BCUT2D eigenvalue weighted by Gasteiger charge is 2.34. The Bertz CT molecular complexity index is 962. The van der Waals surface area contributed by atoms with E-state index in [0.717, 1.165) is 40.9 Å². The third-order valence-corrected chi connectivity index (χ3v) is 6.82. The first kappa shape index (κ1) is 16.0. The first-order valence-electron chi connectivity index (χ1n) is 9.31. The second-order valence-electron chi connectivity index (χ2n) is 7.42. The minimum atomic E-state index is 0.0724. The van der Waals surface area contributed by atoms with E-state index in [1.807, 2.05) is 35.7 Å². The van der Waals surface area contributed by atoms with Crippen molar-refractivity contribution < 1.29 is 4.79 Å². The van der Waals surface area contributed by atoms with E-state index in [-0.39, 0.29) is 5.78 Å². The van der Waals surface area contributed by atoms with Crippen LogP contribution in [0.5, 0.6) is 0 Å². The van der Waals surface area contributed by atoms with E-state index in [0.29, 0.717) is 17.5 Å². The fourth-order valence-electron chi connectivity index (χ4n) is 4.63. The van der Waals surface area contributed by atoms with Crippen LogP contribution in [-0.4, -0.2) is 39.7 Å². The van der Waals surface area contributed by atoms with Gasteiger partial charge in [0.25, 0.3) is 0 Å². The number of ketones is 1. The van der Waals surface area contributed by atoms with Gasteiger partial charge in [-0.1, -0.05) is 6.07 Å². The second-order valence-corrected chi connectivity index (χ2v) is 8.37. The fourth-order valence-corrected chi connectivity index (χ4v) is 5.32. The zero-order valence-electron chi connectivity index (χ0n) is 14.6. The van der Waals surface area contributed by atoms with Gasteiger partial charge in [0.1, 0.15) is 0 Å². The molecule has 2 atom stereocenters. The van der Waals surface area contributed by atoms with Gasteiger partial charge < -0.3 is 10.7 Å². The molecule has 0 radical (unpaired) electrons. The van der Waals surface area contributed by atoms with E-state index in [9.17, 15) is 4.79 Å². The number of nitrogens with zero attached hydrogens (tertiary/aromatic N) is 3. The van der Waals surface area contributed by atoms with Crippen LogP contribution < -0.4 is 5.84 Å². The largest absolute Gasteiger partial charge is 0.323 e. The Balaban J connectivity index is 1.53. The maximum atomic E-state index is 12.7. The summed E-state index contributed by atoms with van der Waals surface area (Å²) in [5.74, 6) is 6.62. The fraction of sp³-hybridized carbons (Fsp3) is 0.400. The summed E-state index contributed by atoms with van der Waals surface area (Å²) in [6.07, 6.45) is 4.86. The van der Waals surface area contributed by atoms with E-state index in [1.165, 1.54) is 35.5 Å². The number of rotatable bonds is 3. The number of carbonyl (C=O) groups excluding carboxylic acids is 1. The van der Waals surface area contributed by atoms with Gasteiger partial charge in [-0.15, -0.1) is 11.3 Å². The molecule has 0 amide bonds. The average Bonchev–Trinajstić information content (AvgIpc) is 3.40. The van der Waals surface area contributed by atoms with Gasteiger partial charge in [-0.2, -0.15) is 9.89 Å². The van der Waals surface area contributed by atoms with Crippen molar-refractivity contribution >= 4 is 28.0 Å². The first-order chi connectivity index (χ1) is 12.7. The number of nitrogens with two attached hydrogens (primary N) is 1. The smallest absolute Gasteiger partial charge is 0.202 e. The SMILES string of the molecule is Nn1nc(C2CCN3CCCC3C2)c2cc(C(=O)c3cccs3)ccc21. The summed E-state index contributed by atoms with van der Waals surface area (Å²) in [5.41, 5.74) is 2.68. The third kappa shape index (κ3) is 2.56. The van der Waals surface area contributed by atoms with Gasteiger partial charge in [-0.25, -0.2) is 0 Å². The molecule has 0 saturated carbocycles. The van der Waals surface area contributed by atoms with Crippen molar-refractivity contribution in [1.82, 2.24) is 14.8 Å². The van der Waals surface area contributed by atoms with E-state index in [1.54, 1.807) is 0 Å².